The van der Waals surface area contributed by atoms with Crippen LogP contribution in [-0.4, -0.2) is 52.6 Å². The molecule has 1 saturated carbocycles. The van der Waals surface area contributed by atoms with Crippen LogP contribution in [-0.2, 0) is 14.3 Å². The van der Waals surface area contributed by atoms with Gasteiger partial charge in [-0.05, 0) is 57.2 Å². The van der Waals surface area contributed by atoms with Crippen molar-refractivity contribution < 1.29 is 24.2 Å². The highest BCUT2D eigenvalue weighted by atomic mass is 16.6. The van der Waals surface area contributed by atoms with Crippen LogP contribution < -0.4 is 10.6 Å². The zero-order valence-electron chi connectivity index (χ0n) is 19.8. The Balaban J connectivity index is 2.22. The summed E-state index contributed by atoms with van der Waals surface area (Å²) in [6, 6.07) is 5.37. The smallest absolute Gasteiger partial charge is 0.408 e. The van der Waals surface area contributed by atoms with E-state index >= 15 is 0 Å². The zero-order valence-corrected chi connectivity index (χ0v) is 19.8. The van der Waals surface area contributed by atoms with Crippen LogP contribution in [0.4, 0.5) is 4.79 Å². The first-order valence-corrected chi connectivity index (χ1v) is 11.4. The first-order chi connectivity index (χ1) is 15.0. The molecule has 3 atom stereocenters. The Morgan fingerprint density at radius 2 is 1.78 bits per heavy atom. The molecule has 0 aromatic heterocycles. The van der Waals surface area contributed by atoms with Crippen LogP contribution in [0.3, 0.4) is 0 Å². The average Bonchev–Trinajstić information content (AvgIpc) is 3.42. The topological polar surface area (TPSA) is 108 Å². The van der Waals surface area contributed by atoms with Crippen molar-refractivity contribution in [2.24, 2.45) is 5.92 Å². The number of rotatable bonds is 10. The van der Waals surface area contributed by atoms with Gasteiger partial charge in [-0.15, -0.1) is 0 Å². The van der Waals surface area contributed by atoms with Crippen LogP contribution in [0.25, 0.3) is 0 Å². The number of phenols is 1. The summed E-state index contributed by atoms with van der Waals surface area (Å²) in [5, 5.41) is 15.1. The zero-order chi connectivity index (χ0) is 23.9. The van der Waals surface area contributed by atoms with Crippen molar-refractivity contribution in [3.63, 3.8) is 0 Å². The second-order valence-electron chi connectivity index (χ2n) is 9.43. The van der Waals surface area contributed by atoms with E-state index in [0.29, 0.717) is 12.1 Å². The molecular weight excluding hydrogens is 410 g/mol. The standard InChI is InChI=1S/C24H37N3O5/c1-6-7-8-13-25-22(30)21(17-9-11-18(28)12-10-17)27(19-14-16(19)2)20(29)15-26-23(31)32-24(3,4)5/h9-12,16,19,21,28H,6-8,13-15H2,1-5H3,(H,25,30)(H,26,31). The number of alkyl carbamates (subject to hydrolysis) is 1. The van der Waals surface area contributed by atoms with E-state index < -0.39 is 17.7 Å². The number of nitrogens with zero attached hydrogens (tertiary/aromatic N) is 1. The largest absolute Gasteiger partial charge is 0.508 e. The molecule has 8 heteroatoms. The first kappa shape index (κ1) is 25.5. The van der Waals surface area contributed by atoms with Crippen molar-refractivity contribution in [3.8, 4) is 5.75 Å². The van der Waals surface area contributed by atoms with Gasteiger partial charge in [0.1, 0.15) is 23.9 Å². The molecule has 1 aromatic carbocycles. The summed E-state index contributed by atoms with van der Waals surface area (Å²) in [5.74, 6) is -0.281. The lowest BCUT2D eigenvalue weighted by Crippen LogP contribution is -2.49. The van der Waals surface area contributed by atoms with E-state index in [1.807, 2.05) is 6.92 Å². The van der Waals surface area contributed by atoms with Gasteiger partial charge in [-0.25, -0.2) is 4.79 Å². The average molecular weight is 448 g/mol. The molecule has 178 valence electrons. The molecule has 3 unspecified atom stereocenters. The van der Waals surface area contributed by atoms with Crippen molar-refractivity contribution in [1.82, 2.24) is 15.5 Å². The Labute approximate surface area is 190 Å². The minimum absolute atomic E-state index is 0.0834. The fraction of sp³-hybridized carbons (Fsp3) is 0.625. The van der Waals surface area contributed by atoms with E-state index in [9.17, 15) is 19.5 Å². The Morgan fingerprint density at radius 3 is 2.31 bits per heavy atom. The lowest BCUT2D eigenvalue weighted by Gasteiger charge is -2.32. The molecule has 0 saturated heterocycles. The van der Waals surface area contributed by atoms with E-state index in [0.717, 1.165) is 25.7 Å². The summed E-state index contributed by atoms with van der Waals surface area (Å²) in [5.41, 5.74) is -0.0642. The number of unbranched alkanes of at least 4 members (excludes halogenated alkanes) is 2. The van der Waals surface area contributed by atoms with Crippen molar-refractivity contribution in [3.05, 3.63) is 29.8 Å². The van der Waals surface area contributed by atoms with E-state index in [2.05, 4.69) is 17.6 Å². The van der Waals surface area contributed by atoms with Crippen LogP contribution in [0, 0.1) is 5.92 Å². The lowest BCUT2D eigenvalue weighted by atomic mass is 10.0. The number of benzene rings is 1. The molecule has 3 amide bonds. The lowest BCUT2D eigenvalue weighted by molar-refractivity contribution is -0.141. The molecule has 1 aromatic rings. The summed E-state index contributed by atoms with van der Waals surface area (Å²) >= 11 is 0. The monoisotopic (exact) mass is 447 g/mol. The van der Waals surface area contributed by atoms with E-state index in [1.54, 1.807) is 37.8 Å². The Kier molecular flexibility index (Phi) is 8.92. The van der Waals surface area contributed by atoms with Gasteiger partial charge in [0, 0.05) is 12.6 Å². The normalized spacial score (nSPS) is 18.4. The van der Waals surface area contributed by atoms with Crippen molar-refractivity contribution in [2.45, 2.75) is 78.0 Å². The number of hydrogen-bond acceptors (Lipinski definition) is 5. The summed E-state index contributed by atoms with van der Waals surface area (Å²) in [4.78, 5) is 40.1. The molecular formula is C24H37N3O5. The third-order valence-corrected chi connectivity index (χ3v) is 5.31. The number of carbonyl (C=O) groups is 3. The number of hydrogen-bond donors (Lipinski definition) is 3. The maximum atomic E-state index is 13.2. The number of aromatic hydroxyl groups is 1. The molecule has 2 rings (SSSR count). The SMILES string of the molecule is CCCCCNC(=O)C(c1ccc(O)cc1)N(C(=O)CNC(=O)OC(C)(C)C)C1CC1C. The van der Waals surface area contributed by atoms with Crippen molar-refractivity contribution in [2.75, 3.05) is 13.1 Å². The van der Waals surface area contributed by atoms with Crippen LogP contribution in [0.15, 0.2) is 24.3 Å². The minimum atomic E-state index is -0.847. The van der Waals surface area contributed by atoms with Crippen LogP contribution >= 0.6 is 0 Å². The third-order valence-electron chi connectivity index (χ3n) is 5.31. The summed E-state index contributed by atoms with van der Waals surface area (Å²) in [6.45, 7) is 9.62. The van der Waals surface area contributed by atoms with Gasteiger partial charge in [0.05, 0.1) is 0 Å². The molecule has 0 aliphatic heterocycles. The number of nitrogens with one attached hydrogen (secondary N) is 2. The molecule has 32 heavy (non-hydrogen) atoms. The quantitative estimate of drug-likeness (QED) is 0.476. The second kappa shape index (κ2) is 11.2. The molecule has 8 nitrogen and oxygen atoms in total. The second-order valence-corrected chi connectivity index (χ2v) is 9.43. The van der Waals surface area contributed by atoms with Gasteiger partial charge in [0.15, 0.2) is 0 Å². The highest BCUT2D eigenvalue weighted by molar-refractivity contribution is 5.91. The van der Waals surface area contributed by atoms with Gasteiger partial charge in [-0.3, -0.25) is 9.59 Å². The van der Waals surface area contributed by atoms with E-state index in [-0.39, 0.29) is 36.1 Å². The highest BCUT2D eigenvalue weighted by Gasteiger charge is 2.46. The molecule has 1 aliphatic rings. The summed E-state index contributed by atoms with van der Waals surface area (Å²) in [6.07, 6.45) is 3.01. The predicted octanol–water partition coefficient (Wildman–Crippen LogP) is 3.50. The van der Waals surface area contributed by atoms with Crippen LogP contribution in [0.1, 0.15) is 71.9 Å². The number of carbonyl (C=O) groups excluding carboxylic acids is 3. The highest BCUT2D eigenvalue weighted by Crippen LogP contribution is 2.40. The Hall–Kier alpha value is -2.77. The summed E-state index contributed by atoms with van der Waals surface area (Å²) in [7, 11) is 0. The van der Waals surface area contributed by atoms with Crippen molar-refractivity contribution in [1.29, 1.82) is 0 Å². The summed E-state index contributed by atoms with van der Waals surface area (Å²) < 4.78 is 5.22. The van der Waals surface area contributed by atoms with Gasteiger partial charge < -0.3 is 25.4 Å². The van der Waals surface area contributed by atoms with Gasteiger partial charge in [-0.1, -0.05) is 38.8 Å². The van der Waals surface area contributed by atoms with E-state index in [4.69, 9.17) is 4.74 Å². The molecule has 3 N–H and O–H groups in total. The maximum Gasteiger partial charge on any atom is 0.408 e. The minimum Gasteiger partial charge on any atom is -0.508 e. The van der Waals surface area contributed by atoms with E-state index in [1.165, 1.54) is 12.1 Å². The van der Waals surface area contributed by atoms with Gasteiger partial charge in [-0.2, -0.15) is 0 Å². The van der Waals surface area contributed by atoms with Gasteiger partial charge in [0.25, 0.3) is 0 Å². The first-order valence-electron chi connectivity index (χ1n) is 11.4. The fourth-order valence-electron chi connectivity index (χ4n) is 3.54. The molecule has 0 radical (unpaired) electrons. The van der Waals surface area contributed by atoms with Gasteiger partial charge in [0.2, 0.25) is 11.8 Å². The predicted molar refractivity (Wildman–Crippen MR) is 122 cm³/mol. The van der Waals surface area contributed by atoms with Crippen molar-refractivity contribution >= 4 is 17.9 Å². The number of amides is 3. The Morgan fingerprint density at radius 1 is 1.16 bits per heavy atom. The Bertz CT molecular complexity index is 788. The fourth-order valence-corrected chi connectivity index (χ4v) is 3.54. The maximum absolute atomic E-state index is 13.2. The van der Waals surface area contributed by atoms with Crippen LogP contribution in [0.2, 0.25) is 0 Å². The molecule has 0 spiro atoms. The molecule has 1 fully saturated rings. The third kappa shape index (κ3) is 7.73. The van der Waals surface area contributed by atoms with Crippen LogP contribution in [0.5, 0.6) is 5.75 Å². The molecule has 1 aliphatic carbocycles. The number of phenolic OH excluding ortho intramolecular Hbond substituents is 1. The number of ether oxygens (including phenoxy) is 1. The molecule has 0 bridgehead atoms. The van der Waals surface area contributed by atoms with Gasteiger partial charge >= 0.3 is 6.09 Å². The molecule has 0 heterocycles.